The summed E-state index contributed by atoms with van der Waals surface area (Å²) in [6, 6.07) is 2.37. The first-order valence-corrected chi connectivity index (χ1v) is 8.14. The maximum atomic E-state index is 12.1. The quantitative estimate of drug-likeness (QED) is 0.820. The summed E-state index contributed by atoms with van der Waals surface area (Å²) in [6.45, 7) is 5.04. The highest BCUT2D eigenvalue weighted by atomic mass is 79.9. The lowest BCUT2D eigenvalue weighted by Crippen LogP contribution is -2.45. The molecule has 2 aromatic rings. The third-order valence-electron chi connectivity index (χ3n) is 2.81. The van der Waals surface area contributed by atoms with E-state index in [9.17, 15) is 9.59 Å². The Morgan fingerprint density at radius 3 is 2.59 bits per heavy atom. The van der Waals surface area contributed by atoms with E-state index in [-0.39, 0.29) is 11.8 Å². The van der Waals surface area contributed by atoms with Gasteiger partial charge in [-0.2, -0.15) is 4.98 Å². The zero-order chi connectivity index (χ0) is 16.3. The molecule has 0 saturated heterocycles. The van der Waals surface area contributed by atoms with Gasteiger partial charge in [0.05, 0.1) is 8.66 Å². The molecule has 118 valence electrons. The summed E-state index contributed by atoms with van der Waals surface area (Å²) in [4.78, 5) is 28.7. The molecule has 2 atom stereocenters. The number of halogens is 1. The summed E-state index contributed by atoms with van der Waals surface area (Å²) in [7, 11) is 0. The van der Waals surface area contributed by atoms with Crippen molar-refractivity contribution in [3.8, 4) is 0 Å². The minimum absolute atomic E-state index is 0.292. The second kappa shape index (κ2) is 7.01. The standard InChI is InChI=1S/C13H15BrN4O3S/c1-6(15-12(20)9-4-5-10(14)22-9)11(19)16-7(2)13-17-8(3)18-21-13/h4-7H,1-3H3,(H,15,20)(H,16,19). The van der Waals surface area contributed by atoms with Crippen molar-refractivity contribution in [2.45, 2.75) is 32.9 Å². The predicted octanol–water partition coefficient (Wildman–Crippen LogP) is 2.20. The van der Waals surface area contributed by atoms with Crippen molar-refractivity contribution in [1.82, 2.24) is 20.8 Å². The average Bonchev–Trinajstić information content (AvgIpc) is 3.07. The molecular weight excluding hydrogens is 372 g/mol. The Balaban J connectivity index is 1.90. The number of nitrogens with one attached hydrogen (secondary N) is 2. The molecule has 2 heterocycles. The van der Waals surface area contributed by atoms with Crippen LogP contribution in [0.4, 0.5) is 0 Å². The Labute approximate surface area is 139 Å². The monoisotopic (exact) mass is 386 g/mol. The van der Waals surface area contributed by atoms with Crippen molar-refractivity contribution in [2.24, 2.45) is 0 Å². The van der Waals surface area contributed by atoms with Crippen LogP contribution in [0.5, 0.6) is 0 Å². The fourth-order valence-corrected chi connectivity index (χ4v) is 2.95. The summed E-state index contributed by atoms with van der Waals surface area (Å²) < 4.78 is 5.85. The zero-order valence-electron chi connectivity index (χ0n) is 12.2. The molecule has 2 amide bonds. The number of rotatable bonds is 5. The van der Waals surface area contributed by atoms with E-state index in [1.165, 1.54) is 11.3 Å². The van der Waals surface area contributed by atoms with Gasteiger partial charge in [0.1, 0.15) is 12.1 Å². The largest absolute Gasteiger partial charge is 0.343 e. The van der Waals surface area contributed by atoms with Crippen molar-refractivity contribution in [1.29, 1.82) is 0 Å². The lowest BCUT2D eigenvalue weighted by atomic mass is 10.2. The fraction of sp³-hybridized carbons (Fsp3) is 0.385. The van der Waals surface area contributed by atoms with Gasteiger partial charge in [0, 0.05) is 0 Å². The molecule has 0 bridgehead atoms. The van der Waals surface area contributed by atoms with E-state index in [0.717, 1.165) is 3.79 Å². The highest BCUT2D eigenvalue weighted by Crippen LogP contribution is 2.21. The van der Waals surface area contributed by atoms with Crippen molar-refractivity contribution in [3.05, 3.63) is 32.5 Å². The molecule has 9 heteroatoms. The second-order valence-electron chi connectivity index (χ2n) is 4.71. The van der Waals surface area contributed by atoms with Crippen LogP contribution in [0, 0.1) is 6.92 Å². The van der Waals surface area contributed by atoms with E-state index in [2.05, 4.69) is 36.7 Å². The Morgan fingerprint density at radius 2 is 2.05 bits per heavy atom. The lowest BCUT2D eigenvalue weighted by molar-refractivity contribution is -0.123. The SMILES string of the molecule is Cc1noc(C(C)NC(=O)C(C)NC(=O)c2ccc(Br)s2)n1. The summed E-state index contributed by atoms with van der Waals surface area (Å²) in [6.07, 6.45) is 0. The fourth-order valence-electron chi connectivity index (χ4n) is 1.66. The molecule has 0 saturated carbocycles. The zero-order valence-corrected chi connectivity index (χ0v) is 14.6. The molecule has 2 aromatic heterocycles. The van der Waals surface area contributed by atoms with Crippen LogP contribution in [0.2, 0.25) is 0 Å². The van der Waals surface area contributed by atoms with Crippen LogP contribution in [-0.4, -0.2) is 28.0 Å². The molecule has 0 aliphatic carbocycles. The van der Waals surface area contributed by atoms with E-state index < -0.39 is 12.1 Å². The number of amides is 2. The van der Waals surface area contributed by atoms with E-state index in [1.54, 1.807) is 32.9 Å². The third kappa shape index (κ3) is 4.14. The number of hydrogen-bond donors (Lipinski definition) is 2. The van der Waals surface area contributed by atoms with Crippen molar-refractivity contribution < 1.29 is 14.1 Å². The first kappa shape index (κ1) is 16.6. The van der Waals surface area contributed by atoms with Crippen LogP contribution in [0.25, 0.3) is 0 Å². The lowest BCUT2D eigenvalue weighted by Gasteiger charge is -2.16. The van der Waals surface area contributed by atoms with E-state index >= 15 is 0 Å². The maximum absolute atomic E-state index is 12.1. The van der Waals surface area contributed by atoms with Gasteiger partial charge in [-0.1, -0.05) is 5.16 Å². The number of carbonyl (C=O) groups excluding carboxylic acids is 2. The summed E-state index contributed by atoms with van der Waals surface area (Å²) >= 11 is 4.59. The van der Waals surface area contributed by atoms with Gasteiger partial charge in [-0.05, 0) is 48.8 Å². The molecule has 0 aliphatic heterocycles. The van der Waals surface area contributed by atoms with Crippen molar-refractivity contribution >= 4 is 39.1 Å². The van der Waals surface area contributed by atoms with E-state index in [0.29, 0.717) is 16.6 Å². The van der Waals surface area contributed by atoms with Gasteiger partial charge >= 0.3 is 0 Å². The summed E-state index contributed by atoms with van der Waals surface area (Å²) in [5, 5.41) is 9.03. The molecule has 22 heavy (non-hydrogen) atoms. The predicted molar refractivity (Wildman–Crippen MR) is 84.5 cm³/mol. The topological polar surface area (TPSA) is 97.1 Å². The normalized spacial score (nSPS) is 13.5. The number of carbonyl (C=O) groups is 2. The second-order valence-corrected chi connectivity index (χ2v) is 7.17. The number of thiophene rings is 1. The first-order valence-electron chi connectivity index (χ1n) is 6.53. The molecule has 2 rings (SSSR count). The first-order chi connectivity index (χ1) is 10.4. The minimum atomic E-state index is -0.681. The van der Waals surface area contributed by atoms with Gasteiger partial charge in [0.25, 0.3) is 5.91 Å². The number of aromatic nitrogens is 2. The number of hydrogen-bond acceptors (Lipinski definition) is 6. The van der Waals surface area contributed by atoms with Gasteiger partial charge in [0.2, 0.25) is 11.8 Å². The van der Waals surface area contributed by atoms with Gasteiger partial charge in [-0.15, -0.1) is 11.3 Å². The molecule has 0 fully saturated rings. The van der Waals surface area contributed by atoms with Crippen LogP contribution in [0.3, 0.4) is 0 Å². The molecule has 0 radical (unpaired) electrons. The smallest absolute Gasteiger partial charge is 0.262 e. The summed E-state index contributed by atoms with van der Waals surface area (Å²) in [5.41, 5.74) is 0. The van der Waals surface area contributed by atoms with Crippen LogP contribution in [-0.2, 0) is 4.79 Å². The van der Waals surface area contributed by atoms with Crippen LogP contribution in [0.15, 0.2) is 20.4 Å². The van der Waals surface area contributed by atoms with Crippen LogP contribution >= 0.6 is 27.3 Å². The van der Waals surface area contributed by atoms with E-state index in [1.807, 2.05) is 0 Å². The molecule has 0 aliphatic rings. The highest BCUT2D eigenvalue weighted by Gasteiger charge is 2.21. The third-order valence-corrected chi connectivity index (χ3v) is 4.43. The van der Waals surface area contributed by atoms with Gasteiger partial charge < -0.3 is 15.2 Å². The van der Waals surface area contributed by atoms with E-state index in [4.69, 9.17) is 4.52 Å². The Morgan fingerprint density at radius 1 is 1.32 bits per heavy atom. The molecule has 2 unspecified atom stereocenters. The Kier molecular flexibility index (Phi) is 5.30. The molecule has 0 aromatic carbocycles. The molecule has 0 spiro atoms. The van der Waals surface area contributed by atoms with Crippen LogP contribution < -0.4 is 10.6 Å². The summed E-state index contributed by atoms with van der Waals surface area (Å²) in [5.74, 6) is 0.208. The van der Waals surface area contributed by atoms with Gasteiger partial charge in [0.15, 0.2) is 5.82 Å². The molecule has 2 N–H and O–H groups in total. The van der Waals surface area contributed by atoms with Gasteiger partial charge in [-0.3, -0.25) is 9.59 Å². The Bertz CT molecular complexity index is 684. The average molecular weight is 387 g/mol. The number of aryl methyl sites for hydroxylation is 1. The number of nitrogens with zero attached hydrogens (tertiary/aromatic N) is 2. The molecular formula is C13H15BrN4O3S. The molecule has 7 nitrogen and oxygen atoms in total. The minimum Gasteiger partial charge on any atom is -0.343 e. The van der Waals surface area contributed by atoms with Gasteiger partial charge in [-0.25, -0.2) is 0 Å². The Hall–Kier alpha value is -1.74. The maximum Gasteiger partial charge on any atom is 0.262 e. The highest BCUT2D eigenvalue weighted by molar-refractivity contribution is 9.11. The van der Waals surface area contributed by atoms with Crippen LogP contribution in [0.1, 0.15) is 41.3 Å². The van der Waals surface area contributed by atoms with Crippen molar-refractivity contribution in [3.63, 3.8) is 0 Å². The van der Waals surface area contributed by atoms with Crippen molar-refractivity contribution in [2.75, 3.05) is 0 Å².